The molecule has 0 aliphatic rings. The third kappa shape index (κ3) is 3.60. The second-order valence-corrected chi connectivity index (χ2v) is 4.52. The van der Waals surface area contributed by atoms with Gasteiger partial charge >= 0.3 is 0 Å². The first-order valence-electron chi connectivity index (χ1n) is 6.47. The number of methoxy groups -OCH3 is 1. The number of nitrogens with one attached hydrogen (secondary N) is 1. The molecule has 0 radical (unpaired) electrons. The maximum Gasteiger partial charge on any atom is 0.183 e. The molecule has 0 fully saturated rings. The van der Waals surface area contributed by atoms with Crippen molar-refractivity contribution in [3.8, 4) is 17.6 Å². The standard InChI is InChI=1S/C15H16N4O2/c1-10(2)21-14-8-11(4-5-13(14)20-3)19-15-12(9-16)17-6-7-18-15/h4-8,10H,1-3H3,(H,18,19). The molecule has 0 spiro atoms. The van der Waals surface area contributed by atoms with Crippen LogP contribution in [0.4, 0.5) is 11.5 Å². The molecule has 0 bridgehead atoms. The molecule has 108 valence electrons. The highest BCUT2D eigenvalue weighted by molar-refractivity contribution is 5.64. The number of hydrogen-bond acceptors (Lipinski definition) is 6. The van der Waals surface area contributed by atoms with Crippen LogP contribution in [-0.4, -0.2) is 23.2 Å². The van der Waals surface area contributed by atoms with Gasteiger partial charge in [0.2, 0.25) is 0 Å². The molecule has 0 saturated carbocycles. The summed E-state index contributed by atoms with van der Waals surface area (Å²) in [6.07, 6.45) is 3.03. The molecule has 21 heavy (non-hydrogen) atoms. The van der Waals surface area contributed by atoms with E-state index in [1.807, 2.05) is 26.0 Å². The lowest BCUT2D eigenvalue weighted by molar-refractivity contribution is 0.230. The number of benzene rings is 1. The van der Waals surface area contributed by atoms with Crippen LogP contribution in [0.3, 0.4) is 0 Å². The van der Waals surface area contributed by atoms with Crippen molar-refractivity contribution in [1.82, 2.24) is 9.97 Å². The average Bonchev–Trinajstić information content (AvgIpc) is 2.47. The Kier molecular flexibility index (Phi) is 4.57. The van der Waals surface area contributed by atoms with E-state index in [-0.39, 0.29) is 11.8 Å². The highest BCUT2D eigenvalue weighted by Crippen LogP contribution is 2.32. The zero-order valence-electron chi connectivity index (χ0n) is 12.1. The van der Waals surface area contributed by atoms with E-state index in [0.717, 1.165) is 5.69 Å². The number of nitriles is 1. The van der Waals surface area contributed by atoms with Crippen LogP contribution < -0.4 is 14.8 Å². The van der Waals surface area contributed by atoms with E-state index in [1.54, 1.807) is 19.2 Å². The summed E-state index contributed by atoms with van der Waals surface area (Å²) in [6, 6.07) is 7.41. The van der Waals surface area contributed by atoms with E-state index in [4.69, 9.17) is 14.7 Å². The van der Waals surface area contributed by atoms with Crippen LogP contribution in [0, 0.1) is 11.3 Å². The van der Waals surface area contributed by atoms with Crippen LogP contribution in [0.5, 0.6) is 11.5 Å². The van der Waals surface area contributed by atoms with Crippen LogP contribution in [0.25, 0.3) is 0 Å². The number of nitrogens with zero attached hydrogens (tertiary/aromatic N) is 3. The summed E-state index contributed by atoms with van der Waals surface area (Å²) in [5, 5.41) is 12.1. The zero-order valence-corrected chi connectivity index (χ0v) is 12.1. The number of hydrogen-bond donors (Lipinski definition) is 1. The number of anilines is 2. The summed E-state index contributed by atoms with van der Waals surface area (Å²) in [7, 11) is 1.59. The predicted octanol–water partition coefficient (Wildman–Crippen LogP) is 2.89. The fraction of sp³-hybridized carbons (Fsp3) is 0.267. The summed E-state index contributed by atoms with van der Waals surface area (Å²) >= 11 is 0. The molecular formula is C15H16N4O2. The Morgan fingerprint density at radius 1 is 1.19 bits per heavy atom. The molecule has 0 atom stereocenters. The fourth-order valence-corrected chi connectivity index (χ4v) is 1.75. The summed E-state index contributed by atoms with van der Waals surface area (Å²) in [6.45, 7) is 3.88. The Labute approximate surface area is 123 Å². The van der Waals surface area contributed by atoms with Gasteiger partial charge in [-0.2, -0.15) is 5.26 Å². The van der Waals surface area contributed by atoms with Crippen LogP contribution in [0.1, 0.15) is 19.5 Å². The summed E-state index contributed by atoms with van der Waals surface area (Å²) in [4.78, 5) is 8.07. The maximum absolute atomic E-state index is 9.01. The molecule has 6 nitrogen and oxygen atoms in total. The van der Waals surface area contributed by atoms with Crippen molar-refractivity contribution < 1.29 is 9.47 Å². The average molecular weight is 284 g/mol. The molecular weight excluding hydrogens is 268 g/mol. The van der Waals surface area contributed by atoms with Gasteiger partial charge in [-0.1, -0.05) is 0 Å². The highest BCUT2D eigenvalue weighted by Gasteiger charge is 2.10. The minimum absolute atomic E-state index is 0.0281. The van der Waals surface area contributed by atoms with Gasteiger partial charge in [-0.05, 0) is 26.0 Å². The molecule has 2 rings (SSSR count). The molecule has 0 amide bonds. The van der Waals surface area contributed by atoms with Gasteiger partial charge in [0.05, 0.1) is 13.2 Å². The van der Waals surface area contributed by atoms with Gasteiger partial charge in [0.15, 0.2) is 23.0 Å². The molecule has 0 saturated heterocycles. The summed E-state index contributed by atoms with van der Waals surface area (Å²) in [5.74, 6) is 1.68. The van der Waals surface area contributed by atoms with Crippen LogP contribution in [0.2, 0.25) is 0 Å². The van der Waals surface area contributed by atoms with Gasteiger partial charge < -0.3 is 14.8 Å². The SMILES string of the molecule is COc1ccc(Nc2nccnc2C#N)cc1OC(C)C. The third-order valence-corrected chi connectivity index (χ3v) is 2.59. The molecule has 1 heterocycles. The summed E-state index contributed by atoms with van der Waals surface area (Å²) in [5.41, 5.74) is 0.975. The van der Waals surface area contributed by atoms with E-state index in [9.17, 15) is 0 Å². The largest absolute Gasteiger partial charge is 0.493 e. The maximum atomic E-state index is 9.01. The Balaban J connectivity index is 2.30. The molecule has 6 heteroatoms. The minimum atomic E-state index is 0.0281. The van der Waals surface area contributed by atoms with Gasteiger partial charge in [0.1, 0.15) is 6.07 Å². The van der Waals surface area contributed by atoms with Gasteiger partial charge in [-0.25, -0.2) is 9.97 Å². The zero-order chi connectivity index (χ0) is 15.2. The van der Waals surface area contributed by atoms with Gasteiger partial charge in [-0.15, -0.1) is 0 Å². The Morgan fingerprint density at radius 3 is 2.62 bits per heavy atom. The van der Waals surface area contributed by atoms with Crippen LogP contribution in [-0.2, 0) is 0 Å². The van der Waals surface area contributed by atoms with Gasteiger partial charge in [0, 0.05) is 24.1 Å². The molecule has 0 aliphatic carbocycles. The highest BCUT2D eigenvalue weighted by atomic mass is 16.5. The second kappa shape index (κ2) is 6.57. The predicted molar refractivity (Wildman–Crippen MR) is 78.8 cm³/mol. The lowest BCUT2D eigenvalue weighted by atomic mass is 10.2. The third-order valence-electron chi connectivity index (χ3n) is 2.59. The quantitative estimate of drug-likeness (QED) is 0.909. The Morgan fingerprint density at radius 2 is 1.95 bits per heavy atom. The normalized spacial score (nSPS) is 10.0. The van der Waals surface area contributed by atoms with Crippen molar-refractivity contribution in [2.75, 3.05) is 12.4 Å². The molecule has 0 aliphatic heterocycles. The molecule has 1 aromatic carbocycles. The van der Waals surface area contributed by atoms with E-state index in [0.29, 0.717) is 17.3 Å². The van der Waals surface area contributed by atoms with Gasteiger partial charge in [-0.3, -0.25) is 0 Å². The first kappa shape index (κ1) is 14.6. The lowest BCUT2D eigenvalue weighted by Crippen LogP contribution is -2.07. The first-order valence-corrected chi connectivity index (χ1v) is 6.47. The monoisotopic (exact) mass is 284 g/mol. The fourth-order valence-electron chi connectivity index (χ4n) is 1.75. The van der Waals surface area contributed by atoms with E-state index in [2.05, 4.69) is 15.3 Å². The van der Waals surface area contributed by atoms with Crippen molar-refractivity contribution in [3.05, 3.63) is 36.3 Å². The number of rotatable bonds is 5. The van der Waals surface area contributed by atoms with Crippen molar-refractivity contribution in [1.29, 1.82) is 5.26 Å². The van der Waals surface area contributed by atoms with E-state index in [1.165, 1.54) is 12.4 Å². The number of ether oxygens (including phenoxy) is 2. The summed E-state index contributed by atoms with van der Waals surface area (Å²) < 4.78 is 11.0. The van der Waals surface area contributed by atoms with Crippen LogP contribution >= 0.6 is 0 Å². The molecule has 1 aromatic heterocycles. The smallest absolute Gasteiger partial charge is 0.183 e. The second-order valence-electron chi connectivity index (χ2n) is 4.52. The molecule has 0 unspecified atom stereocenters. The molecule has 2 aromatic rings. The minimum Gasteiger partial charge on any atom is -0.493 e. The molecule has 1 N–H and O–H groups in total. The van der Waals surface area contributed by atoms with Crippen molar-refractivity contribution in [2.24, 2.45) is 0 Å². The van der Waals surface area contributed by atoms with E-state index >= 15 is 0 Å². The number of aromatic nitrogens is 2. The van der Waals surface area contributed by atoms with Crippen molar-refractivity contribution >= 4 is 11.5 Å². The van der Waals surface area contributed by atoms with Crippen LogP contribution in [0.15, 0.2) is 30.6 Å². The van der Waals surface area contributed by atoms with E-state index < -0.39 is 0 Å². The first-order chi connectivity index (χ1) is 10.1. The Bertz CT molecular complexity index is 665. The topological polar surface area (TPSA) is 80.1 Å². The van der Waals surface area contributed by atoms with Crippen molar-refractivity contribution in [3.63, 3.8) is 0 Å². The van der Waals surface area contributed by atoms with Crippen molar-refractivity contribution in [2.45, 2.75) is 20.0 Å². The van der Waals surface area contributed by atoms with Gasteiger partial charge in [0.25, 0.3) is 0 Å². The Hall–Kier alpha value is -2.81. The lowest BCUT2D eigenvalue weighted by Gasteiger charge is -2.15.